The summed E-state index contributed by atoms with van der Waals surface area (Å²) in [6.07, 6.45) is 3.20. The van der Waals surface area contributed by atoms with Gasteiger partial charge in [0, 0.05) is 12.7 Å². The zero-order valence-electron chi connectivity index (χ0n) is 11.7. The van der Waals surface area contributed by atoms with E-state index in [1.54, 1.807) is 12.3 Å². The quantitative estimate of drug-likeness (QED) is 0.909. The van der Waals surface area contributed by atoms with E-state index in [9.17, 15) is 4.79 Å². The summed E-state index contributed by atoms with van der Waals surface area (Å²) in [6.45, 7) is 4.36. The number of nitrogens with zero attached hydrogens (tertiary/aromatic N) is 1. The van der Waals surface area contributed by atoms with E-state index in [0.717, 1.165) is 5.56 Å². The highest BCUT2D eigenvalue weighted by molar-refractivity contribution is 5.94. The van der Waals surface area contributed by atoms with Crippen LogP contribution in [0.1, 0.15) is 29.8 Å². The number of hydrogen-bond donors (Lipinski definition) is 1. The van der Waals surface area contributed by atoms with Crippen molar-refractivity contribution < 1.29 is 9.53 Å². The Labute approximate surface area is 118 Å². The molecule has 1 amide bonds. The van der Waals surface area contributed by atoms with Crippen LogP contribution >= 0.6 is 0 Å². The summed E-state index contributed by atoms with van der Waals surface area (Å²) in [4.78, 5) is 16.1. The Morgan fingerprint density at radius 2 is 2.00 bits per heavy atom. The summed E-state index contributed by atoms with van der Waals surface area (Å²) in [5.74, 6) is 0.447. The first kappa shape index (κ1) is 14.1. The molecule has 0 atom stereocenters. The Bertz CT molecular complexity index is 568. The molecule has 0 aliphatic heterocycles. The topological polar surface area (TPSA) is 51.2 Å². The largest absolute Gasteiger partial charge is 0.489 e. The Morgan fingerprint density at radius 3 is 2.70 bits per heavy atom. The van der Waals surface area contributed by atoms with Gasteiger partial charge in [0.05, 0.1) is 17.9 Å². The summed E-state index contributed by atoms with van der Waals surface area (Å²) >= 11 is 0. The lowest BCUT2D eigenvalue weighted by Crippen LogP contribution is -2.23. The smallest absolute Gasteiger partial charge is 0.253 e. The zero-order valence-corrected chi connectivity index (χ0v) is 11.7. The van der Waals surface area contributed by atoms with Gasteiger partial charge < -0.3 is 10.1 Å². The van der Waals surface area contributed by atoms with Crippen LogP contribution in [-0.2, 0) is 6.54 Å². The Kier molecular flexibility index (Phi) is 4.71. The third kappa shape index (κ3) is 4.09. The molecule has 2 rings (SSSR count). The van der Waals surface area contributed by atoms with E-state index in [2.05, 4.69) is 10.3 Å². The zero-order chi connectivity index (χ0) is 14.4. The maximum absolute atomic E-state index is 12.0. The first-order chi connectivity index (χ1) is 9.65. The number of carbonyl (C=O) groups excluding carboxylic acids is 1. The second kappa shape index (κ2) is 6.70. The van der Waals surface area contributed by atoms with Gasteiger partial charge in [-0.2, -0.15) is 0 Å². The van der Waals surface area contributed by atoms with Crippen LogP contribution in [0.4, 0.5) is 0 Å². The minimum absolute atomic E-state index is 0.0550. The first-order valence-electron chi connectivity index (χ1n) is 6.59. The average Bonchev–Trinajstić information content (AvgIpc) is 2.45. The van der Waals surface area contributed by atoms with Crippen LogP contribution in [0.25, 0.3) is 0 Å². The second-order valence-electron chi connectivity index (χ2n) is 4.74. The molecule has 4 heteroatoms. The fourth-order valence-electron chi connectivity index (χ4n) is 1.76. The molecule has 1 N–H and O–H groups in total. The maximum atomic E-state index is 12.0. The molecule has 0 radical (unpaired) electrons. The van der Waals surface area contributed by atoms with Crippen molar-refractivity contribution in [3.8, 4) is 5.75 Å². The number of benzene rings is 1. The van der Waals surface area contributed by atoms with Crippen molar-refractivity contribution in [2.45, 2.75) is 26.5 Å². The average molecular weight is 270 g/mol. The van der Waals surface area contributed by atoms with Crippen molar-refractivity contribution in [1.29, 1.82) is 0 Å². The lowest BCUT2D eigenvalue weighted by atomic mass is 10.2. The number of nitrogens with one attached hydrogen (secondary N) is 1. The van der Waals surface area contributed by atoms with Gasteiger partial charge in [0.1, 0.15) is 5.75 Å². The van der Waals surface area contributed by atoms with Crippen molar-refractivity contribution in [3.63, 3.8) is 0 Å². The van der Waals surface area contributed by atoms with Crippen molar-refractivity contribution >= 4 is 5.91 Å². The molecule has 2 aromatic rings. The van der Waals surface area contributed by atoms with Crippen LogP contribution in [0, 0.1) is 0 Å². The first-order valence-corrected chi connectivity index (χ1v) is 6.59. The van der Waals surface area contributed by atoms with E-state index < -0.39 is 0 Å². The number of carbonyl (C=O) groups is 1. The van der Waals surface area contributed by atoms with E-state index in [1.165, 1.54) is 6.20 Å². The summed E-state index contributed by atoms with van der Waals surface area (Å²) in [6, 6.07) is 11.5. The van der Waals surface area contributed by atoms with Gasteiger partial charge in [-0.25, -0.2) is 0 Å². The lowest BCUT2D eigenvalue weighted by molar-refractivity contribution is 0.0949. The molecule has 0 unspecified atom stereocenters. The molecule has 20 heavy (non-hydrogen) atoms. The lowest BCUT2D eigenvalue weighted by Gasteiger charge is -2.10. The number of ether oxygens (including phenoxy) is 1. The molecular weight excluding hydrogens is 252 g/mol. The van der Waals surface area contributed by atoms with Crippen molar-refractivity contribution in [2.75, 3.05) is 0 Å². The molecule has 0 saturated carbocycles. The summed E-state index contributed by atoms with van der Waals surface area (Å²) in [5.41, 5.74) is 1.56. The van der Waals surface area contributed by atoms with Crippen LogP contribution in [0.3, 0.4) is 0 Å². The Hall–Kier alpha value is -2.36. The van der Waals surface area contributed by atoms with Crippen LogP contribution in [0.15, 0.2) is 48.8 Å². The second-order valence-corrected chi connectivity index (χ2v) is 4.74. The molecular formula is C16H18N2O2. The fourth-order valence-corrected chi connectivity index (χ4v) is 1.76. The van der Waals surface area contributed by atoms with Gasteiger partial charge in [-0.05, 0) is 25.5 Å². The van der Waals surface area contributed by atoms with Crippen LogP contribution in [0.2, 0.25) is 0 Å². The minimum atomic E-state index is -0.157. The standard InChI is InChI=1S/C16H18N2O2/c1-12(2)20-15-8-14(10-17-11-15)16(19)18-9-13-6-4-3-5-7-13/h3-8,10-12H,9H2,1-2H3,(H,18,19). The van der Waals surface area contributed by atoms with Crippen LogP contribution in [-0.4, -0.2) is 17.0 Å². The maximum Gasteiger partial charge on any atom is 0.253 e. The molecule has 0 fully saturated rings. The molecule has 0 saturated heterocycles. The van der Waals surface area contributed by atoms with E-state index in [-0.39, 0.29) is 12.0 Å². The van der Waals surface area contributed by atoms with Gasteiger partial charge in [-0.1, -0.05) is 30.3 Å². The molecule has 1 aromatic heterocycles. The SMILES string of the molecule is CC(C)Oc1cncc(C(=O)NCc2ccccc2)c1. The van der Waals surface area contributed by atoms with Crippen molar-refractivity contribution in [1.82, 2.24) is 10.3 Å². The van der Waals surface area contributed by atoms with E-state index in [1.807, 2.05) is 44.2 Å². The van der Waals surface area contributed by atoms with E-state index in [0.29, 0.717) is 17.9 Å². The molecule has 0 aliphatic carbocycles. The Morgan fingerprint density at radius 1 is 1.25 bits per heavy atom. The molecule has 0 bridgehead atoms. The van der Waals surface area contributed by atoms with Gasteiger partial charge in [0.25, 0.3) is 5.91 Å². The van der Waals surface area contributed by atoms with Gasteiger partial charge in [0.15, 0.2) is 0 Å². The third-order valence-electron chi connectivity index (χ3n) is 2.64. The van der Waals surface area contributed by atoms with Crippen molar-refractivity contribution in [3.05, 3.63) is 59.9 Å². The summed E-state index contributed by atoms with van der Waals surface area (Å²) < 4.78 is 5.53. The third-order valence-corrected chi connectivity index (χ3v) is 2.64. The number of amides is 1. The summed E-state index contributed by atoms with van der Waals surface area (Å²) in [5, 5.41) is 2.86. The Balaban J connectivity index is 1.98. The number of hydrogen-bond acceptors (Lipinski definition) is 3. The molecule has 1 heterocycles. The highest BCUT2D eigenvalue weighted by atomic mass is 16.5. The normalized spacial score (nSPS) is 10.3. The van der Waals surface area contributed by atoms with Crippen LogP contribution < -0.4 is 10.1 Å². The molecule has 0 spiro atoms. The van der Waals surface area contributed by atoms with Gasteiger partial charge in [0.2, 0.25) is 0 Å². The number of pyridine rings is 1. The monoisotopic (exact) mass is 270 g/mol. The van der Waals surface area contributed by atoms with Crippen LogP contribution in [0.5, 0.6) is 5.75 Å². The molecule has 104 valence electrons. The summed E-state index contributed by atoms with van der Waals surface area (Å²) in [7, 11) is 0. The highest BCUT2D eigenvalue weighted by Gasteiger charge is 2.08. The van der Waals surface area contributed by atoms with E-state index >= 15 is 0 Å². The predicted molar refractivity (Wildman–Crippen MR) is 77.6 cm³/mol. The fraction of sp³-hybridized carbons (Fsp3) is 0.250. The van der Waals surface area contributed by atoms with Gasteiger partial charge in [-0.3, -0.25) is 9.78 Å². The van der Waals surface area contributed by atoms with Gasteiger partial charge in [-0.15, -0.1) is 0 Å². The predicted octanol–water partition coefficient (Wildman–Crippen LogP) is 2.80. The minimum Gasteiger partial charge on any atom is -0.489 e. The highest BCUT2D eigenvalue weighted by Crippen LogP contribution is 2.13. The molecule has 4 nitrogen and oxygen atoms in total. The molecule has 1 aromatic carbocycles. The van der Waals surface area contributed by atoms with Crippen molar-refractivity contribution in [2.24, 2.45) is 0 Å². The van der Waals surface area contributed by atoms with Gasteiger partial charge >= 0.3 is 0 Å². The molecule has 0 aliphatic rings. The number of aromatic nitrogens is 1. The van der Waals surface area contributed by atoms with E-state index in [4.69, 9.17) is 4.74 Å². The number of rotatable bonds is 5.